The summed E-state index contributed by atoms with van der Waals surface area (Å²) in [7, 11) is -2.20. The first kappa shape index (κ1) is 23.3. The summed E-state index contributed by atoms with van der Waals surface area (Å²) in [6, 6.07) is 43.1. The van der Waals surface area contributed by atoms with E-state index in [0.717, 1.165) is 16.4 Å². The molecule has 0 spiro atoms. The molecule has 0 saturated heterocycles. The highest BCUT2D eigenvalue weighted by Crippen LogP contribution is 2.55. The minimum atomic E-state index is -2.20. The Labute approximate surface area is 206 Å². The van der Waals surface area contributed by atoms with Crippen molar-refractivity contribution < 1.29 is 12.4 Å². The van der Waals surface area contributed by atoms with E-state index in [0.29, 0.717) is 0 Å². The van der Waals surface area contributed by atoms with E-state index in [1.807, 2.05) is 6.07 Å². The largest absolute Gasteiger partial charge is 1.00 e. The zero-order chi connectivity index (χ0) is 21.8. The number of halogens is 1. The molecule has 1 heterocycles. The van der Waals surface area contributed by atoms with Crippen LogP contribution in [0.5, 0.6) is 0 Å². The van der Waals surface area contributed by atoms with Gasteiger partial charge < -0.3 is 17.4 Å². The number of thioether (sulfide) groups is 1. The number of nitrogens with zero attached hydrogens (tertiary/aromatic N) is 1. The van der Waals surface area contributed by atoms with E-state index >= 15 is 0 Å². The predicted molar refractivity (Wildman–Crippen MR) is 141 cm³/mol. The Hall–Kier alpha value is -2.84. The molecule has 5 rings (SSSR count). The summed E-state index contributed by atoms with van der Waals surface area (Å²) in [5.41, 5.74) is 2.30. The molecule has 1 aromatic heterocycles. The lowest BCUT2D eigenvalue weighted by atomic mass is 10.2. The molecule has 164 valence electrons. The van der Waals surface area contributed by atoms with Crippen LogP contribution in [0.3, 0.4) is 0 Å². The van der Waals surface area contributed by atoms with E-state index < -0.39 is 7.26 Å². The predicted octanol–water partition coefficient (Wildman–Crippen LogP) is 2.42. The first-order chi connectivity index (χ1) is 15.8. The number of H-pyrrole nitrogens is 1. The molecule has 0 radical (unpaired) electrons. The molecule has 0 amide bonds. The quantitative estimate of drug-likeness (QED) is 0.295. The van der Waals surface area contributed by atoms with Crippen LogP contribution in [0.4, 0.5) is 0 Å². The fraction of sp³-hybridized carbons (Fsp3) is 0.0357. The molecule has 33 heavy (non-hydrogen) atoms. The average molecular weight is 487 g/mol. The van der Waals surface area contributed by atoms with Crippen molar-refractivity contribution in [2.45, 2.75) is 5.03 Å². The summed E-state index contributed by atoms with van der Waals surface area (Å²) < 4.78 is 0. The maximum absolute atomic E-state index is 5.08. The van der Waals surface area contributed by atoms with Gasteiger partial charge in [0, 0.05) is 5.56 Å². The van der Waals surface area contributed by atoms with Gasteiger partial charge in [-0.25, -0.2) is 4.98 Å². The average Bonchev–Trinajstić information content (AvgIpc) is 3.32. The third-order valence-electron chi connectivity index (χ3n) is 5.66. The van der Waals surface area contributed by atoms with E-state index in [4.69, 9.17) is 4.98 Å². The van der Waals surface area contributed by atoms with Crippen molar-refractivity contribution in [2.75, 3.05) is 6.26 Å². The highest BCUT2D eigenvalue weighted by molar-refractivity contribution is 8.04. The van der Waals surface area contributed by atoms with Gasteiger partial charge in [0.2, 0.25) is 5.44 Å². The van der Waals surface area contributed by atoms with Gasteiger partial charge in [0.05, 0.1) is 0 Å². The van der Waals surface area contributed by atoms with Crippen molar-refractivity contribution in [2.24, 2.45) is 0 Å². The second kappa shape index (κ2) is 10.4. The molecule has 0 fully saturated rings. The summed E-state index contributed by atoms with van der Waals surface area (Å²) in [4.78, 5) is 8.88. The lowest BCUT2D eigenvalue weighted by Crippen LogP contribution is -3.00. The number of aromatic nitrogens is 2. The molecule has 5 aromatic rings. The molecule has 0 aliphatic carbocycles. The van der Waals surface area contributed by atoms with Crippen molar-refractivity contribution in [1.82, 2.24) is 9.97 Å². The Kier molecular flexibility index (Phi) is 7.35. The topological polar surface area (TPSA) is 28.7 Å². The fourth-order valence-corrected chi connectivity index (χ4v) is 9.49. The van der Waals surface area contributed by atoms with Gasteiger partial charge >= 0.3 is 0 Å². The number of hydrogen-bond acceptors (Lipinski definition) is 2. The number of imidazole rings is 1. The lowest BCUT2D eigenvalue weighted by molar-refractivity contribution is -0.00000624. The normalized spacial score (nSPS) is 11.1. The van der Waals surface area contributed by atoms with Gasteiger partial charge in [-0.1, -0.05) is 84.9 Å². The van der Waals surface area contributed by atoms with Crippen molar-refractivity contribution in [3.8, 4) is 11.4 Å². The summed E-state index contributed by atoms with van der Waals surface area (Å²) in [5.74, 6) is 0.914. The molecule has 0 atom stereocenters. The van der Waals surface area contributed by atoms with E-state index in [9.17, 15) is 0 Å². The van der Waals surface area contributed by atoms with Gasteiger partial charge in [-0.05, 0) is 42.7 Å². The molecule has 0 bridgehead atoms. The summed E-state index contributed by atoms with van der Waals surface area (Å²) in [6.45, 7) is 0. The Balaban J connectivity index is 0.00000259. The van der Waals surface area contributed by atoms with Gasteiger partial charge in [-0.3, -0.25) is 0 Å². The van der Waals surface area contributed by atoms with E-state index in [1.165, 1.54) is 21.3 Å². The third-order valence-corrected chi connectivity index (χ3v) is 10.7. The summed E-state index contributed by atoms with van der Waals surface area (Å²) >= 11 is 1.71. The van der Waals surface area contributed by atoms with E-state index in [1.54, 1.807) is 11.8 Å². The molecule has 0 aliphatic rings. The van der Waals surface area contributed by atoms with Gasteiger partial charge in [-0.15, -0.1) is 11.8 Å². The molecule has 1 N–H and O–H groups in total. The molecular formula is C28H24ClN2PS. The zero-order valence-corrected chi connectivity index (χ0v) is 20.7. The monoisotopic (exact) mass is 486 g/mol. The number of nitrogens with one attached hydrogen (secondary N) is 1. The maximum atomic E-state index is 5.08. The molecule has 2 nitrogen and oxygen atoms in total. The van der Waals surface area contributed by atoms with Crippen LogP contribution in [0.2, 0.25) is 0 Å². The van der Waals surface area contributed by atoms with Crippen LogP contribution in [-0.4, -0.2) is 16.2 Å². The van der Waals surface area contributed by atoms with Crippen molar-refractivity contribution >= 4 is 40.4 Å². The van der Waals surface area contributed by atoms with Gasteiger partial charge in [0.1, 0.15) is 21.7 Å². The Morgan fingerprint density at radius 1 is 0.606 bits per heavy atom. The first-order valence-electron chi connectivity index (χ1n) is 10.6. The highest BCUT2D eigenvalue weighted by Gasteiger charge is 2.51. The van der Waals surface area contributed by atoms with Crippen LogP contribution < -0.4 is 33.8 Å². The number of benzene rings is 4. The van der Waals surface area contributed by atoms with Gasteiger partial charge in [-0.2, -0.15) is 0 Å². The van der Waals surface area contributed by atoms with Crippen LogP contribution in [0.15, 0.2) is 126 Å². The van der Waals surface area contributed by atoms with Crippen molar-refractivity contribution in [3.05, 3.63) is 121 Å². The smallest absolute Gasteiger partial charge is 0.210 e. The van der Waals surface area contributed by atoms with Crippen LogP contribution in [0.25, 0.3) is 11.4 Å². The van der Waals surface area contributed by atoms with Gasteiger partial charge in [0.25, 0.3) is 0 Å². The molecule has 5 heteroatoms. The minimum Gasteiger partial charge on any atom is -1.00 e. The maximum Gasteiger partial charge on any atom is 0.210 e. The lowest BCUT2D eigenvalue weighted by Gasteiger charge is -2.26. The van der Waals surface area contributed by atoms with Crippen LogP contribution >= 0.6 is 19.0 Å². The summed E-state index contributed by atoms with van der Waals surface area (Å²) in [6.07, 6.45) is 2.12. The van der Waals surface area contributed by atoms with Crippen LogP contribution in [0.1, 0.15) is 0 Å². The molecule has 4 aromatic carbocycles. The number of aromatic amines is 1. The fourth-order valence-electron chi connectivity index (χ4n) is 4.24. The second-order valence-corrected chi connectivity index (χ2v) is 11.6. The zero-order valence-electron chi connectivity index (χ0n) is 18.2. The Bertz CT molecular complexity index is 1200. The molecule has 0 unspecified atom stereocenters. The van der Waals surface area contributed by atoms with Crippen LogP contribution in [0, 0.1) is 0 Å². The Morgan fingerprint density at radius 3 is 1.39 bits per heavy atom. The Morgan fingerprint density at radius 2 is 1.00 bits per heavy atom. The standard InChI is InChI=1S/C28H24N2PS.ClH/c1-32-28-27(29-26(30-28)22-14-6-2-7-15-22)31(23-16-8-3-9-17-23,24-18-10-4-11-19-24)25-20-12-5-13-21-25;/h2-21H,1H3,(H,29,30);1H/q+1;/p-1. The van der Waals surface area contributed by atoms with Crippen LogP contribution in [-0.2, 0) is 0 Å². The third kappa shape index (κ3) is 4.25. The minimum absolute atomic E-state index is 0. The van der Waals surface area contributed by atoms with Crippen molar-refractivity contribution in [1.29, 1.82) is 0 Å². The second-order valence-electron chi connectivity index (χ2n) is 7.49. The molecule has 0 saturated carbocycles. The van der Waals surface area contributed by atoms with E-state index in [2.05, 4.69) is 127 Å². The molecular weight excluding hydrogens is 463 g/mol. The highest BCUT2D eigenvalue weighted by atomic mass is 35.5. The van der Waals surface area contributed by atoms with E-state index in [-0.39, 0.29) is 12.4 Å². The molecule has 0 aliphatic heterocycles. The SMILES string of the molecule is CSc1nc(-c2ccccc2)[nH]c1[P+](c1ccccc1)(c1ccccc1)c1ccccc1.[Cl-]. The number of hydrogen-bond donors (Lipinski definition) is 1. The van der Waals surface area contributed by atoms with Gasteiger partial charge in [0.15, 0.2) is 12.3 Å². The number of rotatable bonds is 6. The first-order valence-corrected chi connectivity index (χ1v) is 13.6. The summed E-state index contributed by atoms with van der Waals surface area (Å²) in [5, 5.41) is 5.00. The van der Waals surface area contributed by atoms with Crippen molar-refractivity contribution in [3.63, 3.8) is 0 Å².